The van der Waals surface area contributed by atoms with Crippen LogP contribution in [0.25, 0.3) is 0 Å². The number of aliphatic hydroxyl groups is 3. The van der Waals surface area contributed by atoms with Crippen molar-refractivity contribution >= 4 is 17.3 Å². The van der Waals surface area contributed by atoms with Gasteiger partial charge in [-0.25, -0.2) is 0 Å². The number of hydrogen-bond donors (Lipinski definition) is 3. The van der Waals surface area contributed by atoms with Gasteiger partial charge in [0, 0.05) is 50.9 Å². The van der Waals surface area contributed by atoms with E-state index in [-0.39, 0.29) is 67.3 Å². The van der Waals surface area contributed by atoms with Gasteiger partial charge in [-0.3, -0.25) is 14.4 Å². The van der Waals surface area contributed by atoms with Gasteiger partial charge in [-0.1, -0.05) is 0 Å². The maximum Gasteiger partial charge on any atom is 0.155 e. The smallest absolute Gasteiger partial charge is 0.155 e. The van der Waals surface area contributed by atoms with Crippen molar-refractivity contribution in [2.75, 3.05) is 0 Å². The number of allylic oxidation sites excluding steroid dienone is 6. The Morgan fingerprint density at radius 2 is 0.682 bits per heavy atom. The molecule has 0 atom stereocenters. The van der Waals surface area contributed by atoms with E-state index in [2.05, 4.69) is 0 Å². The first-order valence-electron chi connectivity index (χ1n) is 6.02. The van der Waals surface area contributed by atoms with Crippen molar-refractivity contribution in [1.82, 2.24) is 0 Å². The Morgan fingerprint density at radius 1 is 0.545 bits per heavy atom. The summed E-state index contributed by atoms with van der Waals surface area (Å²) >= 11 is 0. The maximum atomic E-state index is 10.0. The van der Waals surface area contributed by atoms with E-state index in [0.717, 1.165) is 0 Å². The molecule has 6 nitrogen and oxygen atoms in total. The van der Waals surface area contributed by atoms with E-state index in [1.165, 1.54) is 59.8 Å². The summed E-state index contributed by atoms with van der Waals surface area (Å²) in [6.07, 6.45) is 3.50. The van der Waals surface area contributed by atoms with E-state index in [0.29, 0.717) is 0 Å². The molecule has 0 heterocycles. The Bertz CT molecular complexity index is 368. The fraction of sp³-hybridized carbons (Fsp3) is 0.400. The Balaban J connectivity index is -0.000000108. The quantitative estimate of drug-likeness (QED) is 0.505. The van der Waals surface area contributed by atoms with Gasteiger partial charge >= 0.3 is 0 Å². The molecule has 0 bridgehead atoms. The van der Waals surface area contributed by atoms with Crippen LogP contribution < -0.4 is 0 Å². The summed E-state index contributed by atoms with van der Waals surface area (Å²) in [5.41, 5.74) is 0. The molecule has 0 rings (SSSR count). The minimum Gasteiger partial charge on any atom is -0.512 e. The van der Waals surface area contributed by atoms with Crippen molar-refractivity contribution in [2.45, 2.75) is 41.5 Å². The molecule has 0 saturated heterocycles. The molecule has 0 spiro atoms. The Labute approximate surface area is 156 Å². The molecule has 0 aliphatic heterocycles. The summed E-state index contributed by atoms with van der Waals surface area (Å²) in [5, 5.41) is 25.1. The Hall–Kier alpha value is -1.27. The van der Waals surface area contributed by atoms with Crippen LogP contribution >= 0.6 is 0 Å². The average Bonchev–Trinajstić information content (AvgIpc) is 2.10. The molecular formula is C15H24O6Y. The van der Waals surface area contributed by atoms with E-state index in [1.54, 1.807) is 0 Å². The van der Waals surface area contributed by atoms with E-state index in [1.807, 2.05) is 0 Å². The summed E-state index contributed by atoms with van der Waals surface area (Å²) in [6.45, 7) is 8.54. The van der Waals surface area contributed by atoms with Crippen molar-refractivity contribution in [3.63, 3.8) is 0 Å². The van der Waals surface area contributed by atoms with E-state index in [4.69, 9.17) is 15.3 Å². The van der Waals surface area contributed by atoms with Crippen LogP contribution in [-0.2, 0) is 47.1 Å². The van der Waals surface area contributed by atoms with Crippen LogP contribution in [0.1, 0.15) is 41.5 Å². The molecule has 3 N–H and O–H groups in total. The minimum atomic E-state index is -0.125. The average molecular weight is 389 g/mol. The number of carbonyl (C=O) groups is 3. The Morgan fingerprint density at radius 3 is 0.682 bits per heavy atom. The van der Waals surface area contributed by atoms with Crippen LogP contribution in [0.3, 0.4) is 0 Å². The number of hydrogen-bond acceptors (Lipinski definition) is 6. The molecule has 0 aromatic carbocycles. The maximum absolute atomic E-state index is 10.0. The number of carbonyl (C=O) groups excluding carboxylic acids is 3. The fourth-order valence-electron chi connectivity index (χ4n) is 0.882. The van der Waals surface area contributed by atoms with Gasteiger partial charge in [0.1, 0.15) is 0 Å². The zero-order valence-corrected chi connectivity index (χ0v) is 16.7. The number of rotatable bonds is 3. The number of ketones is 3. The zero-order valence-electron chi connectivity index (χ0n) is 13.9. The van der Waals surface area contributed by atoms with Crippen molar-refractivity contribution in [3.05, 3.63) is 35.5 Å². The van der Waals surface area contributed by atoms with Crippen LogP contribution in [-0.4, -0.2) is 32.7 Å². The zero-order chi connectivity index (χ0) is 17.6. The monoisotopic (exact) mass is 389 g/mol. The third kappa shape index (κ3) is 51.1. The predicted octanol–water partition coefficient (Wildman–Crippen LogP) is 3.11. The second kappa shape index (κ2) is 17.8. The Kier molecular flexibility index (Phi) is 23.3. The van der Waals surface area contributed by atoms with Gasteiger partial charge < -0.3 is 15.3 Å². The van der Waals surface area contributed by atoms with Crippen LogP contribution in [0.4, 0.5) is 0 Å². The molecule has 0 aromatic heterocycles. The molecule has 1 radical (unpaired) electrons. The largest absolute Gasteiger partial charge is 0.512 e. The van der Waals surface area contributed by atoms with Crippen LogP contribution in [0.2, 0.25) is 0 Å². The van der Waals surface area contributed by atoms with Gasteiger partial charge in [-0.05, 0) is 41.5 Å². The summed E-state index contributed by atoms with van der Waals surface area (Å²) in [6, 6.07) is 0. The van der Waals surface area contributed by atoms with Crippen molar-refractivity contribution in [3.8, 4) is 0 Å². The molecule has 0 aliphatic rings. The molecule has 0 aliphatic carbocycles. The van der Waals surface area contributed by atoms with Gasteiger partial charge in [0.05, 0.1) is 17.3 Å². The summed E-state index contributed by atoms with van der Waals surface area (Å²) < 4.78 is 0. The summed E-state index contributed by atoms with van der Waals surface area (Å²) in [5.74, 6) is -0.187. The first-order valence-corrected chi connectivity index (χ1v) is 6.02. The van der Waals surface area contributed by atoms with Gasteiger partial charge in [-0.2, -0.15) is 0 Å². The molecule has 123 valence electrons. The van der Waals surface area contributed by atoms with E-state index in [9.17, 15) is 14.4 Å². The van der Waals surface area contributed by atoms with E-state index >= 15 is 0 Å². The summed E-state index contributed by atoms with van der Waals surface area (Å²) in [7, 11) is 0. The SMILES string of the molecule is CC(=O)/C=C(\C)O.CC(=O)/C=C(\C)O.CC(=O)/C=C(\C)O.[Y]. The molecule has 0 unspecified atom stereocenters. The van der Waals surface area contributed by atoms with Gasteiger partial charge in [0.25, 0.3) is 0 Å². The van der Waals surface area contributed by atoms with Gasteiger partial charge in [-0.15, -0.1) is 0 Å². The van der Waals surface area contributed by atoms with Gasteiger partial charge in [0.2, 0.25) is 0 Å². The normalized spacial score (nSPS) is 10.9. The molecule has 0 amide bonds. The standard InChI is InChI=1S/3C5H8O2.Y/c3*1-4(6)3-5(2)7;/h3*3,6H,1-2H3;/b3*4-3+;. The molecule has 0 aromatic rings. The van der Waals surface area contributed by atoms with Crippen LogP contribution in [0.15, 0.2) is 35.5 Å². The molecule has 0 fully saturated rings. The molecule has 7 heteroatoms. The van der Waals surface area contributed by atoms with Crippen LogP contribution in [0.5, 0.6) is 0 Å². The summed E-state index contributed by atoms with van der Waals surface area (Å²) in [4.78, 5) is 30.1. The van der Waals surface area contributed by atoms with Crippen LogP contribution in [0, 0.1) is 0 Å². The van der Waals surface area contributed by atoms with Crippen molar-refractivity contribution in [2.24, 2.45) is 0 Å². The minimum absolute atomic E-state index is 0. The number of aliphatic hydroxyl groups excluding tert-OH is 3. The topological polar surface area (TPSA) is 112 Å². The second-order valence-corrected chi connectivity index (χ2v) is 4.19. The molecule has 0 saturated carbocycles. The molecule has 22 heavy (non-hydrogen) atoms. The third-order valence-electron chi connectivity index (χ3n) is 1.24. The molecular weight excluding hydrogens is 365 g/mol. The first kappa shape index (κ1) is 28.8. The first-order chi connectivity index (χ1) is 9.38. The van der Waals surface area contributed by atoms with E-state index < -0.39 is 0 Å². The van der Waals surface area contributed by atoms with Crippen molar-refractivity contribution < 1.29 is 62.4 Å². The van der Waals surface area contributed by atoms with Gasteiger partial charge in [0.15, 0.2) is 17.3 Å². The van der Waals surface area contributed by atoms with Crippen molar-refractivity contribution in [1.29, 1.82) is 0 Å². The second-order valence-electron chi connectivity index (χ2n) is 4.19. The third-order valence-corrected chi connectivity index (χ3v) is 1.24. The fourth-order valence-corrected chi connectivity index (χ4v) is 0.882. The predicted molar refractivity (Wildman–Crippen MR) is 81.2 cm³/mol.